The molecule has 1 aromatic heterocycles. The summed E-state index contributed by atoms with van der Waals surface area (Å²) in [4.78, 5) is 1.32. The lowest BCUT2D eigenvalue weighted by Crippen LogP contribution is -2.31. The fourth-order valence-corrected chi connectivity index (χ4v) is 3.23. The Balaban J connectivity index is 2.49. The third-order valence-electron chi connectivity index (χ3n) is 2.97. The Morgan fingerprint density at radius 1 is 1.44 bits per heavy atom. The highest BCUT2D eigenvalue weighted by molar-refractivity contribution is 9.10. The van der Waals surface area contributed by atoms with Gasteiger partial charge in [-0.2, -0.15) is 0 Å². The van der Waals surface area contributed by atoms with Crippen molar-refractivity contribution >= 4 is 27.3 Å². The molecule has 16 heavy (non-hydrogen) atoms. The van der Waals surface area contributed by atoms with E-state index in [2.05, 4.69) is 46.5 Å². The number of thiophene rings is 1. The smallest absolute Gasteiger partial charge is 0.0539 e. The Morgan fingerprint density at radius 2 is 2.12 bits per heavy atom. The first-order valence-corrected chi connectivity index (χ1v) is 7.55. The monoisotopic (exact) mass is 304 g/mol. The molecule has 1 rings (SSSR count). The van der Waals surface area contributed by atoms with Crippen LogP contribution in [0.5, 0.6) is 0 Å². The van der Waals surface area contributed by atoms with E-state index in [0.29, 0.717) is 12.6 Å². The number of hydrogen-bond donors (Lipinski definition) is 2. The zero-order chi connectivity index (χ0) is 12.0. The van der Waals surface area contributed by atoms with Crippen LogP contribution in [-0.4, -0.2) is 13.1 Å². The van der Waals surface area contributed by atoms with Crippen molar-refractivity contribution in [2.45, 2.75) is 32.7 Å². The topological polar surface area (TPSA) is 38.0 Å². The highest BCUT2D eigenvalue weighted by Gasteiger charge is 2.13. The highest BCUT2D eigenvalue weighted by Crippen LogP contribution is 2.25. The molecule has 92 valence electrons. The van der Waals surface area contributed by atoms with Crippen molar-refractivity contribution in [1.82, 2.24) is 5.32 Å². The second kappa shape index (κ2) is 7.43. The Labute approximate surface area is 111 Å². The van der Waals surface area contributed by atoms with Crippen molar-refractivity contribution in [2.24, 2.45) is 11.7 Å². The average molecular weight is 305 g/mol. The number of hydrogen-bond acceptors (Lipinski definition) is 3. The van der Waals surface area contributed by atoms with E-state index in [1.54, 1.807) is 11.3 Å². The van der Waals surface area contributed by atoms with Crippen LogP contribution in [0.3, 0.4) is 0 Å². The summed E-state index contributed by atoms with van der Waals surface area (Å²) in [5.74, 6) is 0.762. The van der Waals surface area contributed by atoms with Crippen LogP contribution >= 0.6 is 27.3 Å². The zero-order valence-corrected chi connectivity index (χ0v) is 12.4. The molecule has 0 fully saturated rings. The summed E-state index contributed by atoms with van der Waals surface area (Å²) in [5.41, 5.74) is 5.81. The van der Waals surface area contributed by atoms with E-state index in [1.165, 1.54) is 17.7 Å². The van der Waals surface area contributed by atoms with E-state index < -0.39 is 0 Å². The predicted molar refractivity (Wildman–Crippen MR) is 75.9 cm³/mol. The van der Waals surface area contributed by atoms with Gasteiger partial charge in [0.15, 0.2) is 0 Å². The zero-order valence-electron chi connectivity index (χ0n) is 10.0. The van der Waals surface area contributed by atoms with Crippen LogP contribution in [0.2, 0.25) is 0 Å². The predicted octanol–water partition coefficient (Wildman–Crippen LogP) is 3.54. The lowest BCUT2D eigenvalue weighted by Gasteiger charge is -2.19. The van der Waals surface area contributed by atoms with Gasteiger partial charge in [0.2, 0.25) is 0 Å². The molecule has 0 bridgehead atoms. The van der Waals surface area contributed by atoms with Crippen LogP contribution in [0.25, 0.3) is 0 Å². The van der Waals surface area contributed by atoms with Gasteiger partial charge in [-0.05, 0) is 34.5 Å². The van der Waals surface area contributed by atoms with Crippen LogP contribution in [0.1, 0.15) is 37.6 Å². The molecule has 0 aliphatic carbocycles. The van der Waals surface area contributed by atoms with Crippen LogP contribution in [0.15, 0.2) is 15.9 Å². The van der Waals surface area contributed by atoms with Gasteiger partial charge in [0.1, 0.15) is 0 Å². The minimum absolute atomic E-state index is 0.303. The van der Waals surface area contributed by atoms with Gasteiger partial charge in [0.05, 0.1) is 6.04 Å². The summed E-state index contributed by atoms with van der Waals surface area (Å²) >= 11 is 5.24. The third kappa shape index (κ3) is 4.17. The molecule has 3 N–H and O–H groups in total. The van der Waals surface area contributed by atoms with E-state index in [0.717, 1.165) is 16.9 Å². The van der Waals surface area contributed by atoms with Crippen molar-refractivity contribution in [1.29, 1.82) is 0 Å². The molecule has 0 saturated heterocycles. The van der Waals surface area contributed by atoms with E-state index in [9.17, 15) is 0 Å². The van der Waals surface area contributed by atoms with E-state index in [1.807, 2.05) is 0 Å². The van der Waals surface area contributed by atoms with Crippen LogP contribution in [-0.2, 0) is 0 Å². The maximum absolute atomic E-state index is 5.81. The average Bonchev–Trinajstić information content (AvgIpc) is 2.71. The van der Waals surface area contributed by atoms with Gasteiger partial charge in [-0.3, -0.25) is 0 Å². The van der Waals surface area contributed by atoms with Gasteiger partial charge in [-0.25, -0.2) is 0 Å². The highest BCUT2D eigenvalue weighted by atomic mass is 79.9. The largest absolute Gasteiger partial charge is 0.329 e. The molecule has 0 saturated carbocycles. The van der Waals surface area contributed by atoms with Gasteiger partial charge < -0.3 is 11.1 Å². The number of rotatable bonds is 7. The first kappa shape index (κ1) is 14.2. The van der Waals surface area contributed by atoms with Crippen molar-refractivity contribution in [3.63, 3.8) is 0 Å². The molecule has 1 aromatic rings. The molecule has 0 aliphatic heterocycles. The quantitative estimate of drug-likeness (QED) is 0.808. The Kier molecular flexibility index (Phi) is 6.58. The number of nitrogens with one attached hydrogen (secondary N) is 1. The normalized spacial score (nSPS) is 13.3. The number of halogens is 1. The second-order valence-electron chi connectivity index (χ2n) is 4.05. The van der Waals surface area contributed by atoms with Crippen molar-refractivity contribution in [2.75, 3.05) is 13.1 Å². The van der Waals surface area contributed by atoms with Crippen molar-refractivity contribution in [3.8, 4) is 0 Å². The molecule has 0 aliphatic rings. The molecule has 1 heterocycles. The molecule has 1 atom stereocenters. The standard InChI is InChI=1S/C12H21BrN2S/c1-3-9(4-2)7-15-11(6-14)12-5-10(13)8-16-12/h5,8-9,11,15H,3-4,6-7,14H2,1-2H3. The Hall–Kier alpha value is 0.1000. The van der Waals surface area contributed by atoms with Crippen LogP contribution in [0, 0.1) is 5.92 Å². The second-order valence-corrected chi connectivity index (χ2v) is 5.90. The third-order valence-corrected chi connectivity index (χ3v) is 4.78. The molecule has 0 radical (unpaired) electrons. The summed E-state index contributed by atoms with van der Waals surface area (Å²) in [7, 11) is 0. The summed E-state index contributed by atoms with van der Waals surface area (Å²) in [5, 5.41) is 5.67. The number of nitrogens with two attached hydrogens (primary N) is 1. The molecule has 0 amide bonds. The molecular weight excluding hydrogens is 284 g/mol. The first-order chi connectivity index (χ1) is 7.71. The lowest BCUT2D eigenvalue weighted by molar-refractivity contribution is 0.416. The fourth-order valence-electron chi connectivity index (χ4n) is 1.70. The molecule has 0 spiro atoms. The summed E-state index contributed by atoms with van der Waals surface area (Å²) < 4.78 is 1.15. The van der Waals surface area contributed by atoms with Crippen LogP contribution < -0.4 is 11.1 Å². The lowest BCUT2D eigenvalue weighted by atomic mass is 10.0. The summed E-state index contributed by atoms with van der Waals surface area (Å²) in [6.45, 7) is 6.21. The van der Waals surface area contributed by atoms with Gasteiger partial charge in [0, 0.05) is 21.3 Å². The van der Waals surface area contributed by atoms with Crippen molar-refractivity contribution in [3.05, 3.63) is 20.8 Å². The van der Waals surface area contributed by atoms with Gasteiger partial charge in [-0.1, -0.05) is 26.7 Å². The fraction of sp³-hybridized carbons (Fsp3) is 0.667. The molecule has 4 heteroatoms. The van der Waals surface area contributed by atoms with E-state index in [4.69, 9.17) is 5.73 Å². The minimum atomic E-state index is 0.303. The maximum atomic E-state index is 5.81. The van der Waals surface area contributed by atoms with E-state index >= 15 is 0 Å². The molecule has 2 nitrogen and oxygen atoms in total. The van der Waals surface area contributed by atoms with Gasteiger partial charge >= 0.3 is 0 Å². The SMILES string of the molecule is CCC(CC)CNC(CN)c1cc(Br)cs1. The van der Waals surface area contributed by atoms with Gasteiger partial charge in [0.25, 0.3) is 0 Å². The van der Waals surface area contributed by atoms with Gasteiger partial charge in [-0.15, -0.1) is 11.3 Å². The maximum Gasteiger partial charge on any atom is 0.0539 e. The minimum Gasteiger partial charge on any atom is -0.329 e. The molecule has 0 aromatic carbocycles. The summed E-state index contributed by atoms with van der Waals surface area (Å²) in [6, 6.07) is 2.46. The Morgan fingerprint density at radius 3 is 2.56 bits per heavy atom. The van der Waals surface area contributed by atoms with Crippen molar-refractivity contribution < 1.29 is 0 Å². The Bertz CT molecular complexity index is 297. The molecule has 1 unspecified atom stereocenters. The first-order valence-electron chi connectivity index (χ1n) is 5.88. The summed E-state index contributed by atoms with van der Waals surface area (Å²) in [6.07, 6.45) is 2.46. The van der Waals surface area contributed by atoms with E-state index in [-0.39, 0.29) is 0 Å². The molecular formula is C12H21BrN2S. The van der Waals surface area contributed by atoms with Crippen LogP contribution in [0.4, 0.5) is 0 Å².